The van der Waals surface area contributed by atoms with Crippen LogP contribution in [0.4, 0.5) is 0 Å². The van der Waals surface area contributed by atoms with Gasteiger partial charge >= 0.3 is 0 Å². The highest BCUT2D eigenvalue weighted by molar-refractivity contribution is 6.92. The van der Waals surface area contributed by atoms with Crippen molar-refractivity contribution < 1.29 is 4.79 Å². The minimum atomic E-state index is 0. The van der Waals surface area contributed by atoms with Crippen molar-refractivity contribution in [3.8, 4) is 0 Å². The zero-order valence-corrected chi connectivity index (χ0v) is 14.3. The van der Waals surface area contributed by atoms with E-state index in [2.05, 4.69) is 11.9 Å². The molecule has 0 spiro atoms. The van der Waals surface area contributed by atoms with E-state index in [1.165, 1.54) is 19.5 Å². The van der Waals surface area contributed by atoms with Crippen LogP contribution in [0.2, 0.25) is 0 Å². The van der Waals surface area contributed by atoms with E-state index < -0.39 is 0 Å². The number of hydrogen-bond donors (Lipinski definition) is 0. The van der Waals surface area contributed by atoms with Crippen molar-refractivity contribution in [2.24, 2.45) is 5.92 Å². The summed E-state index contributed by atoms with van der Waals surface area (Å²) < 4.78 is 0. The molecule has 1 aliphatic rings. The van der Waals surface area contributed by atoms with Gasteiger partial charge in [-0.2, -0.15) is 9.90 Å². The summed E-state index contributed by atoms with van der Waals surface area (Å²) in [6, 6.07) is 0. The first-order valence-electron chi connectivity index (χ1n) is 6.92. The monoisotopic (exact) mass is 279 g/mol. The number of Topliss-reactive ketones (excluding diaryl/α,β-unsaturated/α-hetero) is 1. The maximum atomic E-state index is 11.0. The molecule has 0 aromatic heterocycles. The van der Waals surface area contributed by atoms with Gasteiger partial charge in [-0.1, -0.05) is 42.0 Å². The maximum absolute atomic E-state index is 11.0. The number of nitrogens with zero attached hydrogens (tertiary/aromatic N) is 1. The SMILES string of the molecule is C.CC.CC.CCC(=O)CCC1CCN(C)C1.P. The van der Waals surface area contributed by atoms with Crippen molar-refractivity contribution in [3.05, 3.63) is 0 Å². The molecule has 1 saturated heterocycles. The van der Waals surface area contributed by atoms with Crippen molar-refractivity contribution >= 4 is 15.7 Å². The normalized spacial score (nSPS) is 17.1. The Hall–Kier alpha value is 0.0600. The molecule has 1 aliphatic heterocycles. The molecule has 0 N–H and O–H groups in total. The first-order chi connectivity index (χ1) is 7.72. The van der Waals surface area contributed by atoms with Crippen molar-refractivity contribution in [3.63, 3.8) is 0 Å². The summed E-state index contributed by atoms with van der Waals surface area (Å²) >= 11 is 0. The average molecular weight is 279 g/mol. The Morgan fingerprint density at radius 2 is 1.72 bits per heavy atom. The fourth-order valence-electron chi connectivity index (χ4n) is 1.80. The third-order valence-electron chi connectivity index (χ3n) is 2.71. The Morgan fingerprint density at radius 1 is 1.22 bits per heavy atom. The zero-order chi connectivity index (χ0) is 13.0. The van der Waals surface area contributed by atoms with Crippen molar-refractivity contribution in [1.29, 1.82) is 0 Å². The molecule has 0 aromatic carbocycles. The first-order valence-corrected chi connectivity index (χ1v) is 6.92. The quantitative estimate of drug-likeness (QED) is 0.709. The molecule has 1 rings (SSSR count). The van der Waals surface area contributed by atoms with E-state index in [0.29, 0.717) is 12.2 Å². The van der Waals surface area contributed by atoms with E-state index in [9.17, 15) is 4.79 Å². The largest absolute Gasteiger partial charge is 0.306 e. The number of carbonyl (C=O) groups is 1. The fourth-order valence-corrected chi connectivity index (χ4v) is 1.80. The van der Waals surface area contributed by atoms with E-state index in [1.54, 1.807) is 0 Å². The number of carbonyl (C=O) groups excluding carboxylic acids is 1. The molecule has 2 unspecified atom stereocenters. The second-order valence-corrected chi connectivity index (χ2v) is 3.85. The standard InChI is InChI=1S/C10H19NO.2C2H6.CH4.H3P/c1-3-10(12)5-4-9-6-7-11(2)8-9;2*1-2;;/h9H,3-8H2,1-2H3;2*1-2H3;1H4;1H3. The second kappa shape index (κ2) is 19.4. The van der Waals surface area contributed by atoms with Crippen molar-refractivity contribution in [1.82, 2.24) is 4.90 Å². The van der Waals surface area contributed by atoms with E-state index in [4.69, 9.17) is 0 Å². The van der Waals surface area contributed by atoms with Crippen molar-refractivity contribution in [2.75, 3.05) is 20.1 Å². The lowest BCUT2D eigenvalue weighted by atomic mass is 10.0. The summed E-state index contributed by atoms with van der Waals surface area (Å²) in [5.74, 6) is 1.20. The lowest BCUT2D eigenvalue weighted by Crippen LogP contribution is -2.14. The Labute approximate surface area is 120 Å². The lowest BCUT2D eigenvalue weighted by Gasteiger charge is -2.08. The molecule has 2 atom stereocenters. The average Bonchev–Trinajstić information content (AvgIpc) is 2.77. The number of likely N-dealkylation sites (tertiary alicyclic amines) is 1. The van der Waals surface area contributed by atoms with Gasteiger partial charge in [0.1, 0.15) is 5.78 Å². The molecule has 3 heteroatoms. The van der Waals surface area contributed by atoms with E-state index in [1.807, 2.05) is 34.6 Å². The Kier molecular flexibility index (Phi) is 28.7. The molecule has 1 heterocycles. The summed E-state index contributed by atoms with van der Waals surface area (Å²) in [6.45, 7) is 12.4. The van der Waals surface area contributed by atoms with Crippen LogP contribution < -0.4 is 0 Å². The van der Waals surface area contributed by atoms with Gasteiger partial charge in [-0.05, 0) is 32.4 Å². The Balaban J connectivity index is -0.000000149. The van der Waals surface area contributed by atoms with Crippen LogP contribution in [-0.4, -0.2) is 30.8 Å². The smallest absolute Gasteiger partial charge is 0.132 e. The van der Waals surface area contributed by atoms with E-state index >= 15 is 0 Å². The fraction of sp³-hybridized carbons (Fsp3) is 0.933. The van der Waals surface area contributed by atoms with Gasteiger partial charge in [0.2, 0.25) is 0 Å². The first kappa shape index (κ1) is 26.6. The molecule has 0 amide bonds. The second-order valence-electron chi connectivity index (χ2n) is 3.85. The minimum absolute atomic E-state index is 0. The number of ketones is 1. The molecule has 2 nitrogen and oxygen atoms in total. The molecule has 18 heavy (non-hydrogen) atoms. The predicted octanol–water partition coefficient (Wildman–Crippen LogP) is 4.44. The van der Waals surface area contributed by atoms with Crippen LogP contribution in [0, 0.1) is 5.92 Å². The van der Waals surface area contributed by atoms with Crippen molar-refractivity contribution in [2.45, 2.75) is 67.7 Å². The van der Waals surface area contributed by atoms with Gasteiger partial charge in [-0.15, -0.1) is 0 Å². The summed E-state index contributed by atoms with van der Waals surface area (Å²) in [7, 11) is 2.15. The van der Waals surface area contributed by atoms with Gasteiger partial charge in [0.05, 0.1) is 0 Å². The Bertz CT molecular complexity index is 163. The molecular weight excluding hydrogens is 241 g/mol. The molecule has 0 radical (unpaired) electrons. The highest BCUT2D eigenvalue weighted by atomic mass is 31.0. The predicted molar refractivity (Wildman–Crippen MR) is 90.7 cm³/mol. The molecule has 0 aromatic rings. The minimum Gasteiger partial charge on any atom is -0.306 e. The number of hydrogen-bond acceptors (Lipinski definition) is 2. The van der Waals surface area contributed by atoms with Crippen LogP contribution in [-0.2, 0) is 4.79 Å². The van der Waals surface area contributed by atoms with Gasteiger partial charge in [0, 0.05) is 19.4 Å². The molecule has 0 aliphatic carbocycles. The topological polar surface area (TPSA) is 20.3 Å². The third-order valence-corrected chi connectivity index (χ3v) is 2.71. The number of rotatable bonds is 4. The molecule has 114 valence electrons. The van der Waals surface area contributed by atoms with Gasteiger partial charge in [-0.3, -0.25) is 4.79 Å². The van der Waals surface area contributed by atoms with Crippen LogP contribution in [0.3, 0.4) is 0 Å². The summed E-state index contributed by atoms with van der Waals surface area (Å²) in [5.41, 5.74) is 0. The molecule has 0 saturated carbocycles. The lowest BCUT2D eigenvalue weighted by molar-refractivity contribution is -0.119. The molecule has 1 fully saturated rings. The van der Waals surface area contributed by atoms with Crippen LogP contribution >= 0.6 is 9.90 Å². The highest BCUT2D eigenvalue weighted by Crippen LogP contribution is 2.19. The van der Waals surface area contributed by atoms with Crippen LogP contribution in [0.15, 0.2) is 0 Å². The zero-order valence-electron chi connectivity index (χ0n) is 12.9. The maximum Gasteiger partial charge on any atom is 0.132 e. The van der Waals surface area contributed by atoms with Crippen LogP contribution in [0.1, 0.15) is 67.7 Å². The third kappa shape index (κ3) is 14.1. The molecular formula is C15H38NOP. The van der Waals surface area contributed by atoms with Gasteiger partial charge in [-0.25, -0.2) is 0 Å². The Morgan fingerprint density at radius 3 is 2.06 bits per heavy atom. The summed E-state index contributed by atoms with van der Waals surface area (Å²) in [5, 5.41) is 0. The van der Waals surface area contributed by atoms with Crippen LogP contribution in [0.5, 0.6) is 0 Å². The van der Waals surface area contributed by atoms with Crippen LogP contribution in [0.25, 0.3) is 0 Å². The highest BCUT2D eigenvalue weighted by Gasteiger charge is 2.19. The van der Waals surface area contributed by atoms with Gasteiger partial charge < -0.3 is 4.90 Å². The van der Waals surface area contributed by atoms with Gasteiger partial charge in [0.25, 0.3) is 0 Å². The molecule has 0 bridgehead atoms. The van der Waals surface area contributed by atoms with Gasteiger partial charge in [0.15, 0.2) is 0 Å². The summed E-state index contributed by atoms with van der Waals surface area (Å²) in [4.78, 5) is 13.4. The summed E-state index contributed by atoms with van der Waals surface area (Å²) in [6.07, 6.45) is 3.90. The van der Waals surface area contributed by atoms with E-state index in [-0.39, 0.29) is 17.3 Å². The van der Waals surface area contributed by atoms with E-state index in [0.717, 1.165) is 18.8 Å².